The van der Waals surface area contributed by atoms with Gasteiger partial charge in [-0.2, -0.15) is 5.26 Å². The van der Waals surface area contributed by atoms with Crippen LogP contribution in [0.2, 0.25) is 0 Å². The highest BCUT2D eigenvalue weighted by molar-refractivity contribution is 5.91. The number of anilines is 1. The summed E-state index contributed by atoms with van der Waals surface area (Å²) in [5, 5.41) is 11.6. The molecule has 2 aromatic rings. The van der Waals surface area contributed by atoms with Crippen LogP contribution in [0.15, 0.2) is 46.1 Å². The summed E-state index contributed by atoms with van der Waals surface area (Å²) < 4.78 is 6.71. The Kier molecular flexibility index (Phi) is 7.26. The minimum absolute atomic E-state index is 0.211. The van der Waals surface area contributed by atoms with Crippen LogP contribution in [0, 0.1) is 11.3 Å². The molecule has 1 aromatic carbocycles. The van der Waals surface area contributed by atoms with E-state index in [4.69, 9.17) is 10.00 Å². The molecule has 1 N–H and O–H groups in total. The number of hydrogen-bond donors (Lipinski definition) is 1. The highest BCUT2D eigenvalue weighted by Crippen LogP contribution is 2.11. The summed E-state index contributed by atoms with van der Waals surface area (Å²) in [7, 11) is 0. The van der Waals surface area contributed by atoms with Gasteiger partial charge in [-0.05, 0) is 37.6 Å². The molecule has 150 valence electrons. The Morgan fingerprint density at radius 3 is 2.48 bits per heavy atom. The summed E-state index contributed by atoms with van der Waals surface area (Å²) in [6.45, 7) is 3.44. The third kappa shape index (κ3) is 5.52. The lowest BCUT2D eigenvalue weighted by molar-refractivity contribution is -0.137. The molecule has 29 heavy (non-hydrogen) atoms. The van der Waals surface area contributed by atoms with Crippen molar-refractivity contribution in [2.75, 3.05) is 11.9 Å². The minimum Gasteiger partial charge on any atom is -0.463 e. The molecule has 0 aliphatic rings. The van der Waals surface area contributed by atoms with Crippen molar-refractivity contribution in [3.05, 3.63) is 68.5 Å². The quantitative estimate of drug-likeness (QED) is 0.552. The van der Waals surface area contributed by atoms with Gasteiger partial charge in [0, 0.05) is 24.5 Å². The van der Waals surface area contributed by atoms with Gasteiger partial charge in [-0.3, -0.25) is 14.2 Å². The minimum atomic E-state index is -0.809. The first-order valence-electron chi connectivity index (χ1n) is 8.88. The fourth-order valence-corrected chi connectivity index (χ4v) is 2.47. The molecule has 0 saturated carbocycles. The van der Waals surface area contributed by atoms with Crippen LogP contribution >= 0.6 is 0 Å². The first-order valence-corrected chi connectivity index (χ1v) is 8.88. The molecule has 9 nitrogen and oxygen atoms in total. The lowest BCUT2D eigenvalue weighted by atomic mass is 10.2. The molecule has 1 amide bonds. The SMILES string of the molecule is CCOC(=O)/C=C/c1ccc(NC(=O)Cn2c(=O)c(C#N)cn(CC)c2=O)cc1. The van der Waals surface area contributed by atoms with Gasteiger partial charge in [0.05, 0.1) is 6.61 Å². The van der Waals surface area contributed by atoms with Gasteiger partial charge >= 0.3 is 11.7 Å². The van der Waals surface area contributed by atoms with Crippen molar-refractivity contribution in [1.29, 1.82) is 5.26 Å². The van der Waals surface area contributed by atoms with E-state index in [1.807, 2.05) is 0 Å². The van der Waals surface area contributed by atoms with Crippen LogP contribution in [-0.2, 0) is 27.4 Å². The largest absolute Gasteiger partial charge is 0.463 e. The molecule has 0 aliphatic carbocycles. The number of benzene rings is 1. The van der Waals surface area contributed by atoms with Gasteiger partial charge in [0.15, 0.2) is 0 Å². The van der Waals surface area contributed by atoms with Crippen LogP contribution in [0.4, 0.5) is 5.69 Å². The topological polar surface area (TPSA) is 123 Å². The number of nitrogens with zero attached hydrogens (tertiary/aromatic N) is 3. The van der Waals surface area contributed by atoms with Gasteiger partial charge in [-0.25, -0.2) is 14.2 Å². The molecule has 0 fully saturated rings. The molecular weight excluding hydrogens is 376 g/mol. The maximum Gasteiger partial charge on any atom is 0.331 e. The molecule has 1 aromatic heterocycles. The smallest absolute Gasteiger partial charge is 0.331 e. The second kappa shape index (κ2) is 9.85. The number of carbonyl (C=O) groups is 2. The summed E-state index contributed by atoms with van der Waals surface area (Å²) in [4.78, 5) is 48.1. The maximum absolute atomic E-state index is 12.3. The lowest BCUT2D eigenvalue weighted by Crippen LogP contribution is -2.43. The van der Waals surface area contributed by atoms with E-state index in [0.29, 0.717) is 5.69 Å². The molecule has 0 spiro atoms. The predicted octanol–water partition coefficient (Wildman–Crippen LogP) is 1.12. The van der Waals surface area contributed by atoms with E-state index >= 15 is 0 Å². The fourth-order valence-electron chi connectivity index (χ4n) is 2.47. The van der Waals surface area contributed by atoms with E-state index in [-0.39, 0.29) is 18.7 Å². The van der Waals surface area contributed by atoms with Crippen molar-refractivity contribution in [2.45, 2.75) is 26.9 Å². The molecule has 0 radical (unpaired) electrons. The highest BCUT2D eigenvalue weighted by atomic mass is 16.5. The fraction of sp³-hybridized carbons (Fsp3) is 0.250. The molecule has 0 unspecified atom stereocenters. The third-order valence-corrected chi connectivity index (χ3v) is 3.89. The second-order valence-electron chi connectivity index (χ2n) is 5.87. The Balaban J connectivity index is 2.12. The zero-order valence-electron chi connectivity index (χ0n) is 16.0. The van der Waals surface area contributed by atoms with Crippen LogP contribution in [0.5, 0.6) is 0 Å². The molecule has 0 saturated heterocycles. The van der Waals surface area contributed by atoms with E-state index in [1.165, 1.54) is 16.8 Å². The number of rotatable bonds is 7. The number of amides is 1. The number of nitriles is 1. The molecule has 0 aliphatic heterocycles. The predicted molar refractivity (Wildman–Crippen MR) is 106 cm³/mol. The number of hydrogen-bond acceptors (Lipinski definition) is 6. The number of aryl methyl sites for hydroxylation is 1. The van der Waals surface area contributed by atoms with Crippen LogP contribution in [0.1, 0.15) is 25.0 Å². The Hall–Kier alpha value is -3.93. The Morgan fingerprint density at radius 1 is 1.21 bits per heavy atom. The summed E-state index contributed by atoms with van der Waals surface area (Å²) >= 11 is 0. The number of esters is 1. The van der Waals surface area contributed by atoms with Crippen molar-refractivity contribution in [3.8, 4) is 6.07 Å². The molecule has 2 rings (SSSR count). The zero-order valence-corrected chi connectivity index (χ0v) is 16.0. The molecule has 1 heterocycles. The third-order valence-electron chi connectivity index (χ3n) is 3.89. The standard InChI is InChI=1S/C20H20N4O5/c1-3-23-12-15(11-21)19(27)24(20(23)28)13-17(25)22-16-8-5-14(6-9-16)7-10-18(26)29-4-2/h5-10,12H,3-4,13H2,1-2H3,(H,22,25)/b10-7+. The Bertz CT molecular complexity index is 1090. The lowest BCUT2D eigenvalue weighted by Gasteiger charge is -2.10. The molecule has 9 heteroatoms. The number of ether oxygens (including phenoxy) is 1. The second-order valence-corrected chi connectivity index (χ2v) is 5.87. The summed E-state index contributed by atoms with van der Waals surface area (Å²) in [5.41, 5.74) is -0.511. The van der Waals surface area contributed by atoms with Crippen LogP contribution in [0.25, 0.3) is 6.08 Å². The average Bonchev–Trinajstić information content (AvgIpc) is 2.71. The highest BCUT2D eigenvalue weighted by Gasteiger charge is 2.14. The normalized spacial score (nSPS) is 10.5. The van der Waals surface area contributed by atoms with Crippen molar-refractivity contribution < 1.29 is 14.3 Å². The van der Waals surface area contributed by atoms with E-state index in [0.717, 1.165) is 10.1 Å². The van der Waals surface area contributed by atoms with Crippen molar-refractivity contribution in [1.82, 2.24) is 9.13 Å². The number of nitrogens with one attached hydrogen (secondary N) is 1. The Morgan fingerprint density at radius 2 is 1.90 bits per heavy atom. The summed E-state index contributed by atoms with van der Waals surface area (Å²) in [5.74, 6) is -1.04. The number of carbonyl (C=O) groups excluding carboxylic acids is 2. The van der Waals surface area contributed by atoms with E-state index in [2.05, 4.69) is 5.32 Å². The van der Waals surface area contributed by atoms with Crippen molar-refractivity contribution in [2.24, 2.45) is 0 Å². The molecule has 0 bridgehead atoms. The van der Waals surface area contributed by atoms with Gasteiger partial charge in [0.1, 0.15) is 18.2 Å². The van der Waals surface area contributed by atoms with E-state index in [1.54, 1.807) is 50.3 Å². The van der Waals surface area contributed by atoms with Crippen LogP contribution in [0.3, 0.4) is 0 Å². The number of aromatic nitrogens is 2. The van der Waals surface area contributed by atoms with Gasteiger partial charge in [-0.1, -0.05) is 12.1 Å². The van der Waals surface area contributed by atoms with Crippen molar-refractivity contribution in [3.63, 3.8) is 0 Å². The molecular formula is C20H20N4O5. The maximum atomic E-state index is 12.3. The zero-order chi connectivity index (χ0) is 21.4. The summed E-state index contributed by atoms with van der Waals surface area (Å²) in [6.07, 6.45) is 4.05. The first-order chi connectivity index (χ1) is 13.9. The van der Waals surface area contributed by atoms with Crippen LogP contribution in [-0.4, -0.2) is 27.6 Å². The van der Waals surface area contributed by atoms with Gasteiger partial charge < -0.3 is 10.1 Å². The van der Waals surface area contributed by atoms with E-state index < -0.39 is 29.7 Å². The van der Waals surface area contributed by atoms with Gasteiger partial charge in [0.25, 0.3) is 5.56 Å². The van der Waals surface area contributed by atoms with Gasteiger partial charge in [-0.15, -0.1) is 0 Å². The van der Waals surface area contributed by atoms with E-state index in [9.17, 15) is 19.2 Å². The summed E-state index contributed by atoms with van der Waals surface area (Å²) in [6, 6.07) is 8.31. The van der Waals surface area contributed by atoms with Crippen LogP contribution < -0.4 is 16.6 Å². The Labute approximate surface area is 166 Å². The van der Waals surface area contributed by atoms with Crippen molar-refractivity contribution >= 4 is 23.6 Å². The molecule has 0 atom stereocenters. The first kappa shape index (κ1) is 21.4. The van der Waals surface area contributed by atoms with Gasteiger partial charge in [0.2, 0.25) is 5.91 Å². The monoisotopic (exact) mass is 396 g/mol. The average molecular weight is 396 g/mol.